The van der Waals surface area contributed by atoms with Gasteiger partial charge in [0.05, 0.1) is 17.1 Å². The Balaban J connectivity index is 1.18. The summed E-state index contributed by atoms with van der Waals surface area (Å²) >= 11 is 1.83. The van der Waals surface area contributed by atoms with Crippen molar-refractivity contribution in [1.82, 2.24) is 0 Å². The van der Waals surface area contributed by atoms with Crippen molar-refractivity contribution < 1.29 is 0 Å². The first kappa shape index (κ1) is 32.6. The molecule has 55 heavy (non-hydrogen) atoms. The molecule has 0 radical (unpaired) electrons. The van der Waals surface area contributed by atoms with E-state index in [1.807, 2.05) is 47.7 Å². The molecule has 1 heterocycles. The zero-order valence-electron chi connectivity index (χ0n) is 29.8. The first-order valence-electron chi connectivity index (χ1n) is 18.4. The number of hydrazone groups is 1. The van der Waals surface area contributed by atoms with Crippen molar-refractivity contribution in [3.05, 3.63) is 199 Å². The lowest BCUT2D eigenvalue weighted by molar-refractivity contribution is 1.29. The van der Waals surface area contributed by atoms with Crippen molar-refractivity contribution in [2.24, 2.45) is 5.10 Å². The summed E-state index contributed by atoms with van der Waals surface area (Å²) in [5, 5.41) is 18.7. The largest absolute Gasteiger partial charge is 0.310 e. The highest BCUT2D eigenvalue weighted by molar-refractivity contribution is 7.25. The second-order valence-corrected chi connectivity index (χ2v) is 14.7. The number of nitrogens with one attached hydrogen (secondary N) is 2. The predicted molar refractivity (Wildman–Crippen MR) is 236 cm³/mol. The molecule has 0 bridgehead atoms. The van der Waals surface area contributed by atoms with E-state index in [0.717, 1.165) is 55.8 Å². The first-order valence-corrected chi connectivity index (χ1v) is 19.2. The van der Waals surface area contributed by atoms with Gasteiger partial charge >= 0.3 is 0 Å². The van der Waals surface area contributed by atoms with E-state index in [4.69, 9.17) is 0 Å². The van der Waals surface area contributed by atoms with E-state index in [-0.39, 0.29) is 0 Å². The molecule has 4 nitrogen and oxygen atoms in total. The number of hydrogen-bond donors (Lipinski definition) is 2. The first-order chi connectivity index (χ1) is 27.2. The summed E-state index contributed by atoms with van der Waals surface area (Å²) in [6.45, 7) is 0. The highest BCUT2D eigenvalue weighted by Gasteiger charge is 2.23. The van der Waals surface area contributed by atoms with Crippen LogP contribution in [0, 0.1) is 5.41 Å². The summed E-state index contributed by atoms with van der Waals surface area (Å²) in [5.41, 5.74) is 14.7. The third-order valence-corrected chi connectivity index (χ3v) is 11.5. The summed E-state index contributed by atoms with van der Waals surface area (Å²) in [7, 11) is 0. The summed E-state index contributed by atoms with van der Waals surface area (Å²) < 4.78 is 2.54. The highest BCUT2D eigenvalue weighted by Crippen LogP contribution is 2.46. The quantitative estimate of drug-likeness (QED) is 0.161. The van der Waals surface area contributed by atoms with Crippen molar-refractivity contribution in [2.75, 3.05) is 10.3 Å². The molecule has 1 aliphatic rings. The monoisotopic (exact) mass is 722 g/mol. The lowest BCUT2D eigenvalue weighted by Crippen LogP contribution is -2.19. The second kappa shape index (κ2) is 13.7. The predicted octanol–water partition coefficient (Wildman–Crippen LogP) is 13.9. The van der Waals surface area contributed by atoms with Crippen LogP contribution in [0.1, 0.15) is 11.1 Å². The molecule has 5 heteroatoms. The van der Waals surface area contributed by atoms with Gasteiger partial charge in [0, 0.05) is 42.7 Å². The Morgan fingerprint density at radius 3 is 1.98 bits per heavy atom. The zero-order valence-corrected chi connectivity index (χ0v) is 30.6. The molecule has 260 valence electrons. The minimum atomic E-state index is 0.388. The van der Waals surface area contributed by atoms with E-state index in [1.165, 1.54) is 31.3 Å². The number of nitrogens with zero attached hydrogens (tertiary/aromatic N) is 2. The summed E-state index contributed by atoms with van der Waals surface area (Å²) in [6, 6.07) is 64.3. The molecule has 8 aromatic carbocycles. The van der Waals surface area contributed by atoms with Gasteiger partial charge in [-0.2, -0.15) is 5.10 Å². The van der Waals surface area contributed by atoms with Crippen molar-refractivity contribution in [2.45, 2.75) is 0 Å². The zero-order chi connectivity index (χ0) is 36.7. The van der Waals surface area contributed by atoms with Gasteiger partial charge in [0.1, 0.15) is 5.71 Å². The molecule has 1 aliphatic carbocycles. The molecule has 0 fully saturated rings. The smallest absolute Gasteiger partial charge is 0.109 e. The van der Waals surface area contributed by atoms with Gasteiger partial charge in [0.25, 0.3) is 0 Å². The third kappa shape index (κ3) is 5.88. The van der Waals surface area contributed by atoms with Crippen LogP contribution in [0.3, 0.4) is 0 Å². The van der Waals surface area contributed by atoms with E-state index in [0.29, 0.717) is 11.4 Å². The number of para-hydroxylation sites is 2. The Hall–Kier alpha value is -7.08. The number of benzene rings is 8. The minimum Gasteiger partial charge on any atom is -0.310 e. The number of thiophene rings is 1. The van der Waals surface area contributed by atoms with Crippen LogP contribution in [0.15, 0.2) is 193 Å². The van der Waals surface area contributed by atoms with Crippen LogP contribution in [0.5, 0.6) is 0 Å². The molecule has 1 aromatic heterocycles. The van der Waals surface area contributed by atoms with Gasteiger partial charge in [-0.1, -0.05) is 133 Å². The minimum absolute atomic E-state index is 0.388. The fourth-order valence-electron chi connectivity index (χ4n) is 7.76. The maximum Gasteiger partial charge on any atom is 0.109 e. The summed E-state index contributed by atoms with van der Waals surface area (Å²) in [4.78, 5) is 2.38. The molecule has 0 unspecified atom stereocenters. The number of hydrogen-bond acceptors (Lipinski definition) is 5. The molecule has 0 aliphatic heterocycles. The lowest BCUT2D eigenvalue weighted by Gasteiger charge is -2.29. The highest BCUT2D eigenvalue weighted by atomic mass is 32.1. The second-order valence-electron chi connectivity index (χ2n) is 13.7. The molecule has 0 atom stereocenters. The maximum atomic E-state index is 9.45. The summed E-state index contributed by atoms with van der Waals surface area (Å²) in [6.07, 6.45) is 3.98. The van der Waals surface area contributed by atoms with Crippen molar-refractivity contribution in [3.63, 3.8) is 0 Å². The van der Waals surface area contributed by atoms with Crippen LogP contribution in [0.4, 0.5) is 22.7 Å². The maximum absolute atomic E-state index is 9.45. The van der Waals surface area contributed by atoms with Gasteiger partial charge in [0.15, 0.2) is 0 Å². The standard InChI is InChI=1S/C50H34N4S/c51-50-45(53-52-36-15-5-2-6-16-36)29-26-35-24-23-34-25-27-37(31-43(34)49(35)50)54(38-28-30-48-44(32-38)42-20-10-12-22-47(42)55-48)46-21-11-9-19-41(46)40-18-8-7-17-39(40)33-13-3-1-4-14-33/h1-32,51-52H/b51-50?,53-45-. The van der Waals surface area contributed by atoms with Crippen LogP contribution < -0.4 is 10.3 Å². The molecular weight excluding hydrogens is 689 g/mol. The number of fused-ring (bicyclic) bond motifs is 6. The van der Waals surface area contributed by atoms with Gasteiger partial charge in [-0.25, -0.2) is 0 Å². The molecular formula is C50H34N4S. The van der Waals surface area contributed by atoms with Crippen LogP contribution in [0.2, 0.25) is 0 Å². The Morgan fingerprint density at radius 1 is 0.509 bits per heavy atom. The van der Waals surface area contributed by atoms with Crippen molar-refractivity contribution >= 4 is 82.5 Å². The topological polar surface area (TPSA) is 51.5 Å². The van der Waals surface area contributed by atoms with E-state index in [2.05, 4.69) is 173 Å². The average molecular weight is 723 g/mol. The third-order valence-electron chi connectivity index (χ3n) is 10.4. The van der Waals surface area contributed by atoms with Crippen molar-refractivity contribution in [1.29, 1.82) is 5.41 Å². The number of rotatable bonds is 7. The molecule has 2 N–H and O–H groups in total. The molecule has 0 amide bonds. The average Bonchev–Trinajstić information content (AvgIpc) is 3.62. The molecule has 9 aromatic rings. The molecule has 0 saturated heterocycles. The van der Waals surface area contributed by atoms with Gasteiger partial charge < -0.3 is 4.90 Å². The molecule has 0 saturated carbocycles. The normalized spacial score (nSPS) is 13.1. The van der Waals surface area contributed by atoms with E-state index < -0.39 is 0 Å². The van der Waals surface area contributed by atoms with E-state index >= 15 is 0 Å². The van der Waals surface area contributed by atoms with Gasteiger partial charge in [-0.05, 0) is 93.7 Å². The fraction of sp³-hybridized carbons (Fsp3) is 0. The molecule has 10 rings (SSSR count). The number of anilines is 4. The SMILES string of the molecule is N=C1/C(=N\Nc2ccccc2)C=Cc2ccc3ccc(N(c4ccc5sc6ccccc6c5c4)c4ccccc4-c4ccccc4-c4ccccc4)cc3c21. The van der Waals surface area contributed by atoms with Crippen LogP contribution in [-0.4, -0.2) is 11.4 Å². The molecule has 0 spiro atoms. The Kier molecular flexibility index (Phi) is 8.12. The van der Waals surface area contributed by atoms with Gasteiger partial charge in [-0.15, -0.1) is 11.3 Å². The Labute approximate surface area is 323 Å². The summed E-state index contributed by atoms with van der Waals surface area (Å²) in [5.74, 6) is 0. The van der Waals surface area contributed by atoms with Gasteiger partial charge in [0.2, 0.25) is 0 Å². The lowest BCUT2D eigenvalue weighted by atomic mass is 9.89. The fourth-order valence-corrected chi connectivity index (χ4v) is 8.84. The van der Waals surface area contributed by atoms with Crippen LogP contribution in [0.25, 0.3) is 59.3 Å². The van der Waals surface area contributed by atoms with Gasteiger partial charge in [-0.3, -0.25) is 10.8 Å². The van der Waals surface area contributed by atoms with E-state index in [9.17, 15) is 5.41 Å². The van der Waals surface area contributed by atoms with Crippen LogP contribution in [-0.2, 0) is 0 Å². The van der Waals surface area contributed by atoms with E-state index in [1.54, 1.807) is 0 Å². The number of allylic oxidation sites excluding steroid dienone is 1. The van der Waals surface area contributed by atoms with Crippen molar-refractivity contribution in [3.8, 4) is 22.3 Å². The Bertz CT molecular complexity index is 2980. The Morgan fingerprint density at radius 2 is 1.15 bits per heavy atom. The van der Waals surface area contributed by atoms with Crippen LogP contribution >= 0.6 is 11.3 Å².